The molecule has 0 radical (unpaired) electrons. The van der Waals surface area contributed by atoms with Gasteiger partial charge >= 0.3 is 0 Å². The van der Waals surface area contributed by atoms with Gasteiger partial charge in [0.05, 0.1) is 12.5 Å². The number of alkyl halides is 1. The van der Waals surface area contributed by atoms with Crippen molar-refractivity contribution in [2.45, 2.75) is 38.5 Å². The molecule has 1 rings (SSSR count). The van der Waals surface area contributed by atoms with Crippen LogP contribution in [-0.2, 0) is 0 Å². The summed E-state index contributed by atoms with van der Waals surface area (Å²) < 4.78 is 5.22. The zero-order valence-electron chi connectivity index (χ0n) is 9.72. The molecule has 0 aliphatic rings. The maximum Gasteiger partial charge on any atom is 0.121 e. The van der Waals surface area contributed by atoms with Crippen molar-refractivity contribution < 1.29 is 4.74 Å². The second-order valence-electron chi connectivity index (χ2n) is 3.84. The number of hydrogen-bond acceptors (Lipinski definition) is 1. The van der Waals surface area contributed by atoms with Crippen LogP contribution >= 0.6 is 11.6 Å². The van der Waals surface area contributed by atoms with E-state index >= 15 is 0 Å². The second-order valence-corrected chi connectivity index (χ2v) is 4.37. The molecule has 1 nitrogen and oxygen atoms in total. The molecular weight excluding hydrogens is 208 g/mol. The van der Waals surface area contributed by atoms with Crippen molar-refractivity contribution in [2.75, 3.05) is 7.11 Å². The lowest BCUT2D eigenvalue weighted by Crippen LogP contribution is -1.93. The van der Waals surface area contributed by atoms with E-state index in [1.54, 1.807) is 7.11 Å². The Labute approximate surface area is 97.4 Å². The van der Waals surface area contributed by atoms with Crippen molar-refractivity contribution in [1.82, 2.24) is 0 Å². The van der Waals surface area contributed by atoms with E-state index in [-0.39, 0.29) is 5.38 Å². The van der Waals surface area contributed by atoms with E-state index in [9.17, 15) is 0 Å². The van der Waals surface area contributed by atoms with Gasteiger partial charge in [0.1, 0.15) is 5.75 Å². The predicted octanol–water partition coefficient (Wildman–Crippen LogP) is 4.47. The number of benzene rings is 1. The molecule has 1 atom stereocenters. The van der Waals surface area contributed by atoms with Gasteiger partial charge in [-0.1, -0.05) is 31.9 Å². The standard InChI is InChI=1S/C13H19ClO/c1-4-5-6-12(14)11-7-8-13(15-3)10(2)9-11/h7-9,12H,4-6H2,1-3H3. The minimum Gasteiger partial charge on any atom is -0.496 e. The van der Waals surface area contributed by atoms with E-state index in [4.69, 9.17) is 16.3 Å². The zero-order chi connectivity index (χ0) is 11.3. The maximum atomic E-state index is 6.31. The first-order valence-electron chi connectivity index (χ1n) is 5.47. The molecule has 0 aliphatic carbocycles. The Hall–Kier alpha value is -0.690. The summed E-state index contributed by atoms with van der Waals surface area (Å²) in [4.78, 5) is 0. The molecule has 0 fully saturated rings. The average molecular weight is 227 g/mol. The largest absolute Gasteiger partial charge is 0.496 e. The SMILES string of the molecule is CCCCC(Cl)c1ccc(OC)c(C)c1. The number of methoxy groups -OCH3 is 1. The quantitative estimate of drug-likeness (QED) is 0.673. The molecule has 0 N–H and O–H groups in total. The van der Waals surface area contributed by atoms with Crippen molar-refractivity contribution in [3.05, 3.63) is 29.3 Å². The van der Waals surface area contributed by atoms with E-state index in [0.717, 1.165) is 17.7 Å². The Morgan fingerprint density at radius 1 is 1.40 bits per heavy atom. The summed E-state index contributed by atoms with van der Waals surface area (Å²) in [6.45, 7) is 4.23. The number of hydrogen-bond donors (Lipinski definition) is 0. The van der Waals surface area contributed by atoms with Gasteiger partial charge in [-0.05, 0) is 30.5 Å². The molecule has 0 aliphatic heterocycles. The molecule has 1 unspecified atom stereocenters. The van der Waals surface area contributed by atoms with E-state index < -0.39 is 0 Å². The molecular formula is C13H19ClO. The molecule has 0 aromatic heterocycles. The summed E-state index contributed by atoms with van der Waals surface area (Å²) in [6, 6.07) is 6.16. The third-order valence-electron chi connectivity index (χ3n) is 2.59. The first-order chi connectivity index (χ1) is 7.19. The van der Waals surface area contributed by atoms with Gasteiger partial charge in [-0.2, -0.15) is 0 Å². The minimum absolute atomic E-state index is 0.134. The Bertz CT molecular complexity index is 309. The summed E-state index contributed by atoms with van der Waals surface area (Å²) in [5.74, 6) is 0.929. The molecule has 0 saturated heterocycles. The van der Waals surface area contributed by atoms with Gasteiger partial charge in [-0.3, -0.25) is 0 Å². The number of unbranched alkanes of at least 4 members (excludes halogenated alkanes) is 1. The molecule has 1 aromatic carbocycles. The molecule has 0 amide bonds. The summed E-state index contributed by atoms with van der Waals surface area (Å²) in [5.41, 5.74) is 2.35. The lowest BCUT2D eigenvalue weighted by atomic mass is 10.0. The summed E-state index contributed by atoms with van der Waals surface area (Å²) in [5, 5.41) is 0.134. The van der Waals surface area contributed by atoms with Crippen LogP contribution in [0.25, 0.3) is 0 Å². The fourth-order valence-electron chi connectivity index (χ4n) is 1.65. The fourth-order valence-corrected chi connectivity index (χ4v) is 1.94. The summed E-state index contributed by atoms with van der Waals surface area (Å²) in [6.07, 6.45) is 3.42. The van der Waals surface area contributed by atoms with Gasteiger partial charge in [0, 0.05) is 0 Å². The van der Waals surface area contributed by atoms with Crippen molar-refractivity contribution in [1.29, 1.82) is 0 Å². The highest BCUT2D eigenvalue weighted by Gasteiger charge is 2.08. The average Bonchev–Trinajstić information content (AvgIpc) is 2.25. The molecule has 1 aromatic rings. The van der Waals surface area contributed by atoms with Gasteiger partial charge in [0.15, 0.2) is 0 Å². The van der Waals surface area contributed by atoms with Crippen molar-refractivity contribution in [2.24, 2.45) is 0 Å². The fraction of sp³-hybridized carbons (Fsp3) is 0.538. The molecule has 0 bridgehead atoms. The van der Waals surface area contributed by atoms with Crippen molar-refractivity contribution >= 4 is 11.6 Å². The van der Waals surface area contributed by atoms with Gasteiger partial charge in [0.25, 0.3) is 0 Å². The molecule has 15 heavy (non-hydrogen) atoms. The van der Waals surface area contributed by atoms with Gasteiger partial charge < -0.3 is 4.74 Å². The molecule has 2 heteroatoms. The normalized spacial score (nSPS) is 12.5. The highest BCUT2D eigenvalue weighted by molar-refractivity contribution is 6.20. The number of aryl methyl sites for hydroxylation is 1. The molecule has 0 heterocycles. The summed E-state index contributed by atoms with van der Waals surface area (Å²) >= 11 is 6.31. The van der Waals surface area contributed by atoms with E-state index in [0.29, 0.717) is 0 Å². The first-order valence-corrected chi connectivity index (χ1v) is 5.91. The molecule has 0 spiro atoms. The zero-order valence-corrected chi connectivity index (χ0v) is 10.5. The van der Waals surface area contributed by atoms with Crippen LogP contribution in [0.3, 0.4) is 0 Å². The van der Waals surface area contributed by atoms with Gasteiger partial charge in [-0.15, -0.1) is 11.6 Å². The Kier molecular flexibility index (Phi) is 4.97. The Morgan fingerprint density at radius 3 is 2.67 bits per heavy atom. The van der Waals surface area contributed by atoms with Crippen LogP contribution in [0.15, 0.2) is 18.2 Å². The van der Waals surface area contributed by atoms with E-state index in [1.165, 1.54) is 18.4 Å². The van der Waals surface area contributed by atoms with Gasteiger partial charge in [-0.25, -0.2) is 0 Å². The van der Waals surface area contributed by atoms with E-state index in [1.807, 2.05) is 13.0 Å². The number of rotatable bonds is 5. The van der Waals surface area contributed by atoms with Crippen LogP contribution in [0.5, 0.6) is 5.75 Å². The van der Waals surface area contributed by atoms with Crippen molar-refractivity contribution in [3.63, 3.8) is 0 Å². The van der Waals surface area contributed by atoms with Crippen LogP contribution in [0.2, 0.25) is 0 Å². The van der Waals surface area contributed by atoms with Gasteiger partial charge in [0.2, 0.25) is 0 Å². The van der Waals surface area contributed by atoms with Crippen LogP contribution in [0, 0.1) is 6.92 Å². The van der Waals surface area contributed by atoms with E-state index in [2.05, 4.69) is 19.1 Å². The maximum absolute atomic E-state index is 6.31. The second kappa shape index (κ2) is 6.02. The molecule has 0 saturated carbocycles. The molecule has 84 valence electrons. The Balaban J connectivity index is 2.73. The van der Waals surface area contributed by atoms with Crippen molar-refractivity contribution in [3.8, 4) is 5.75 Å². The lowest BCUT2D eigenvalue weighted by Gasteiger charge is -2.11. The highest BCUT2D eigenvalue weighted by atomic mass is 35.5. The highest BCUT2D eigenvalue weighted by Crippen LogP contribution is 2.29. The van der Waals surface area contributed by atoms with Crippen LogP contribution in [0.4, 0.5) is 0 Å². The predicted molar refractivity (Wildman–Crippen MR) is 65.9 cm³/mol. The third-order valence-corrected chi connectivity index (χ3v) is 3.06. The lowest BCUT2D eigenvalue weighted by molar-refractivity contribution is 0.411. The minimum atomic E-state index is 0.134. The monoisotopic (exact) mass is 226 g/mol. The number of halogens is 1. The van der Waals surface area contributed by atoms with Crippen LogP contribution in [0.1, 0.15) is 42.7 Å². The van der Waals surface area contributed by atoms with Crippen LogP contribution < -0.4 is 4.74 Å². The van der Waals surface area contributed by atoms with Crippen LogP contribution in [-0.4, -0.2) is 7.11 Å². The Morgan fingerprint density at radius 2 is 2.13 bits per heavy atom. The smallest absolute Gasteiger partial charge is 0.121 e. The first kappa shape index (κ1) is 12.4. The summed E-state index contributed by atoms with van der Waals surface area (Å²) in [7, 11) is 1.69. The third kappa shape index (κ3) is 3.42. The topological polar surface area (TPSA) is 9.23 Å². The number of ether oxygens (including phenoxy) is 1.